The molecule has 6 heteroatoms. The van der Waals surface area contributed by atoms with Crippen molar-refractivity contribution in [1.29, 1.82) is 0 Å². The molecule has 0 aliphatic heterocycles. The molecule has 5 nitrogen and oxygen atoms in total. The van der Waals surface area contributed by atoms with Crippen LogP contribution in [0.25, 0.3) is 0 Å². The second-order valence-corrected chi connectivity index (χ2v) is 6.56. The number of hydrogen-bond donors (Lipinski definition) is 1. The number of amides is 2. The van der Waals surface area contributed by atoms with Gasteiger partial charge in [-0.3, -0.25) is 9.59 Å². The van der Waals surface area contributed by atoms with Crippen molar-refractivity contribution in [3.8, 4) is 5.75 Å². The standard InChI is InChI=1S/C21H25ClN2O3/c1-3-24(15-20(25)23-14-16-8-11-18(22)12-9-16)21(26)13-10-17-6-4-5-7-19(17)27-2/h4-9,11-12H,3,10,13-15H2,1-2H3,(H,23,25). The molecule has 0 saturated heterocycles. The van der Waals surface area contributed by atoms with Crippen LogP contribution in [-0.4, -0.2) is 36.9 Å². The summed E-state index contributed by atoms with van der Waals surface area (Å²) in [6.07, 6.45) is 0.907. The van der Waals surface area contributed by atoms with Gasteiger partial charge in [0.25, 0.3) is 0 Å². The number of rotatable bonds is 9. The van der Waals surface area contributed by atoms with Gasteiger partial charge in [-0.2, -0.15) is 0 Å². The molecule has 2 aromatic carbocycles. The highest BCUT2D eigenvalue weighted by Gasteiger charge is 2.16. The van der Waals surface area contributed by atoms with Crippen LogP contribution in [0.3, 0.4) is 0 Å². The predicted molar refractivity (Wildman–Crippen MR) is 107 cm³/mol. The summed E-state index contributed by atoms with van der Waals surface area (Å²) < 4.78 is 5.31. The zero-order chi connectivity index (χ0) is 19.6. The van der Waals surface area contributed by atoms with Crippen molar-refractivity contribution in [2.75, 3.05) is 20.2 Å². The maximum Gasteiger partial charge on any atom is 0.239 e. The second kappa shape index (κ2) is 10.6. The van der Waals surface area contributed by atoms with E-state index < -0.39 is 0 Å². The summed E-state index contributed by atoms with van der Waals surface area (Å²) in [5, 5.41) is 3.49. The molecule has 0 atom stereocenters. The summed E-state index contributed by atoms with van der Waals surface area (Å²) in [6, 6.07) is 14.9. The van der Waals surface area contributed by atoms with Gasteiger partial charge < -0.3 is 15.0 Å². The maximum atomic E-state index is 12.5. The number of methoxy groups -OCH3 is 1. The highest BCUT2D eigenvalue weighted by Crippen LogP contribution is 2.19. The minimum Gasteiger partial charge on any atom is -0.496 e. The summed E-state index contributed by atoms with van der Waals surface area (Å²) in [5.74, 6) is 0.538. The molecule has 0 unspecified atom stereocenters. The molecule has 2 aromatic rings. The third-order valence-electron chi connectivity index (χ3n) is 4.27. The van der Waals surface area contributed by atoms with Gasteiger partial charge in [0.2, 0.25) is 11.8 Å². The number of carbonyl (C=O) groups is 2. The number of carbonyl (C=O) groups excluding carboxylic acids is 2. The number of aryl methyl sites for hydroxylation is 1. The smallest absolute Gasteiger partial charge is 0.239 e. The van der Waals surface area contributed by atoms with E-state index in [4.69, 9.17) is 16.3 Å². The zero-order valence-electron chi connectivity index (χ0n) is 15.7. The molecule has 0 radical (unpaired) electrons. The average Bonchev–Trinajstić information content (AvgIpc) is 2.70. The Morgan fingerprint density at radius 1 is 1.11 bits per heavy atom. The molecule has 0 saturated carbocycles. The molecule has 27 heavy (non-hydrogen) atoms. The van der Waals surface area contributed by atoms with E-state index in [0.717, 1.165) is 16.9 Å². The number of nitrogens with one attached hydrogen (secondary N) is 1. The van der Waals surface area contributed by atoms with E-state index >= 15 is 0 Å². The van der Waals surface area contributed by atoms with Gasteiger partial charge in [-0.15, -0.1) is 0 Å². The monoisotopic (exact) mass is 388 g/mol. The first-order valence-corrected chi connectivity index (χ1v) is 9.32. The largest absolute Gasteiger partial charge is 0.496 e. The molecule has 2 amide bonds. The topological polar surface area (TPSA) is 58.6 Å². The second-order valence-electron chi connectivity index (χ2n) is 6.12. The highest BCUT2D eigenvalue weighted by atomic mass is 35.5. The molecule has 0 aromatic heterocycles. The fourth-order valence-electron chi connectivity index (χ4n) is 2.72. The zero-order valence-corrected chi connectivity index (χ0v) is 16.5. The van der Waals surface area contributed by atoms with Gasteiger partial charge in [0.05, 0.1) is 13.7 Å². The van der Waals surface area contributed by atoms with Crippen molar-refractivity contribution < 1.29 is 14.3 Å². The summed E-state index contributed by atoms with van der Waals surface area (Å²) in [6.45, 7) is 2.81. The highest BCUT2D eigenvalue weighted by molar-refractivity contribution is 6.30. The predicted octanol–water partition coefficient (Wildman–Crippen LogP) is 3.45. The molecule has 0 heterocycles. The fourth-order valence-corrected chi connectivity index (χ4v) is 2.84. The Kier molecular flexibility index (Phi) is 8.14. The lowest BCUT2D eigenvalue weighted by molar-refractivity contribution is -0.135. The molecule has 144 valence electrons. The Hall–Kier alpha value is -2.53. The summed E-state index contributed by atoms with van der Waals surface area (Å²) in [4.78, 5) is 26.2. The first-order chi connectivity index (χ1) is 13.0. The SMILES string of the molecule is CCN(CC(=O)NCc1ccc(Cl)cc1)C(=O)CCc1ccccc1OC. The molecule has 2 rings (SSSR count). The van der Waals surface area contributed by atoms with Crippen LogP contribution in [0.2, 0.25) is 5.02 Å². The quantitative estimate of drug-likeness (QED) is 0.715. The van der Waals surface area contributed by atoms with Crippen molar-refractivity contribution >= 4 is 23.4 Å². The molecule has 0 spiro atoms. The van der Waals surface area contributed by atoms with Gasteiger partial charge in [-0.1, -0.05) is 41.9 Å². The third kappa shape index (κ3) is 6.61. The molecule has 0 fully saturated rings. The summed E-state index contributed by atoms with van der Waals surface area (Å²) in [7, 11) is 1.62. The van der Waals surface area contributed by atoms with Crippen LogP contribution in [-0.2, 0) is 22.6 Å². The Balaban J connectivity index is 1.83. The lowest BCUT2D eigenvalue weighted by Crippen LogP contribution is -2.40. The van der Waals surface area contributed by atoms with Crippen molar-refractivity contribution in [1.82, 2.24) is 10.2 Å². The van der Waals surface area contributed by atoms with Crippen molar-refractivity contribution in [2.45, 2.75) is 26.3 Å². The molecule has 0 aliphatic carbocycles. The summed E-state index contributed by atoms with van der Waals surface area (Å²) >= 11 is 5.85. The van der Waals surface area contributed by atoms with Gasteiger partial charge in [-0.25, -0.2) is 0 Å². The first-order valence-electron chi connectivity index (χ1n) is 8.94. The number of ether oxygens (including phenoxy) is 1. The minimum absolute atomic E-state index is 0.0504. The van der Waals surface area contributed by atoms with E-state index in [2.05, 4.69) is 5.32 Å². The number of benzene rings is 2. The van der Waals surface area contributed by atoms with Crippen molar-refractivity contribution in [3.63, 3.8) is 0 Å². The van der Waals surface area contributed by atoms with Crippen LogP contribution in [0.15, 0.2) is 48.5 Å². The molecule has 0 bridgehead atoms. The van der Waals surface area contributed by atoms with E-state index in [1.807, 2.05) is 43.3 Å². The van der Waals surface area contributed by atoms with Crippen LogP contribution in [0.4, 0.5) is 0 Å². The number of likely N-dealkylation sites (N-methyl/N-ethyl adjacent to an activating group) is 1. The van der Waals surface area contributed by atoms with Crippen LogP contribution in [0.1, 0.15) is 24.5 Å². The van der Waals surface area contributed by atoms with Crippen LogP contribution in [0, 0.1) is 0 Å². The molecular weight excluding hydrogens is 364 g/mol. The lowest BCUT2D eigenvalue weighted by atomic mass is 10.1. The Bertz CT molecular complexity index is 762. The minimum atomic E-state index is -0.183. The fraction of sp³-hybridized carbons (Fsp3) is 0.333. The number of nitrogens with zero attached hydrogens (tertiary/aromatic N) is 1. The maximum absolute atomic E-state index is 12.5. The van der Waals surface area contributed by atoms with Crippen molar-refractivity contribution in [2.24, 2.45) is 0 Å². The van der Waals surface area contributed by atoms with Gasteiger partial charge in [-0.05, 0) is 42.7 Å². The van der Waals surface area contributed by atoms with Gasteiger partial charge in [0.1, 0.15) is 5.75 Å². The average molecular weight is 389 g/mol. The van der Waals surface area contributed by atoms with Crippen LogP contribution < -0.4 is 10.1 Å². The lowest BCUT2D eigenvalue weighted by Gasteiger charge is -2.20. The summed E-state index contributed by atoms with van der Waals surface area (Å²) in [5.41, 5.74) is 1.94. The first kappa shape index (κ1) is 20.8. The van der Waals surface area contributed by atoms with E-state index in [1.165, 1.54) is 0 Å². The van der Waals surface area contributed by atoms with E-state index in [1.54, 1.807) is 24.1 Å². The van der Waals surface area contributed by atoms with Crippen LogP contribution in [0.5, 0.6) is 5.75 Å². The van der Waals surface area contributed by atoms with Gasteiger partial charge in [0.15, 0.2) is 0 Å². The van der Waals surface area contributed by atoms with E-state index in [-0.39, 0.29) is 18.4 Å². The van der Waals surface area contributed by atoms with Crippen LogP contribution >= 0.6 is 11.6 Å². The number of halogens is 1. The molecular formula is C21H25ClN2O3. The van der Waals surface area contributed by atoms with Gasteiger partial charge >= 0.3 is 0 Å². The number of para-hydroxylation sites is 1. The third-order valence-corrected chi connectivity index (χ3v) is 4.52. The normalized spacial score (nSPS) is 10.3. The molecule has 0 aliphatic rings. The van der Waals surface area contributed by atoms with Gasteiger partial charge in [0, 0.05) is 24.5 Å². The Labute approximate surface area is 165 Å². The number of hydrogen-bond acceptors (Lipinski definition) is 3. The Morgan fingerprint density at radius 2 is 1.81 bits per heavy atom. The van der Waals surface area contributed by atoms with E-state index in [9.17, 15) is 9.59 Å². The molecule has 1 N–H and O–H groups in total. The Morgan fingerprint density at radius 3 is 2.48 bits per heavy atom. The van der Waals surface area contributed by atoms with E-state index in [0.29, 0.717) is 31.0 Å². The van der Waals surface area contributed by atoms with Crippen molar-refractivity contribution in [3.05, 3.63) is 64.7 Å².